The highest BCUT2D eigenvalue weighted by molar-refractivity contribution is 5.81. The maximum absolute atomic E-state index is 13.0. The van der Waals surface area contributed by atoms with Gasteiger partial charge in [0.25, 0.3) is 0 Å². The number of unbranched alkanes of at least 4 members (excludes halogenated alkanes) is 1. The fraction of sp³-hybridized carbons (Fsp3) is 0.375. The van der Waals surface area contributed by atoms with Gasteiger partial charge in [0, 0.05) is 18.7 Å². The van der Waals surface area contributed by atoms with Crippen LogP contribution in [0.4, 0.5) is 0 Å². The van der Waals surface area contributed by atoms with Gasteiger partial charge in [-0.3, -0.25) is 4.79 Å². The first-order valence-electron chi connectivity index (χ1n) is 10.4. The van der Waals surface area contributed by atoms with E-state index in [1.165, 1.54) is 0 Å². The van der Waals surface area contributed by atoms with Crippen molar-refractivity contribution in [2.45, 2.75) is 31.8 Å². The van der Waals surface area contributed by atoms with E-state index in [0.717, 1.165) is 50.9 Å². The van der Waals surface area contributed by atoms with Crippen LogP contribution in [0, 0.1) is 0 Å². The number of benzene rings is 2. The highest BCUT2D eigenvalue weighted by atomic mass is 16.5. The number of aliphatic hydroxyl groups excluding tert-OH is 1. The first kappa shape index (κ1) is 19.7. The predicted octanol–water partition coefficient (Wildman–Crippen LogP) is 4.08. The van der Waals surface area contributed by atoms with Gasteiger partial charge in [-0.15, -0.1) is 0 Å². The summed E-state index contributed by atoms with van der Waals surface area (Å²) in [5.74, 6) is 0.773. The maximum Gasteiger partial charge on any atom is 0.235 e. The number of fused-ring (bicyclic) bond motifs is 1. The van der Waals surface area contributed by atoms with Crippen LogP contribution in [0.3, 0.4) is 0 Å². The van der Waals surface area contributed by atoms with Gasteiger partial charge in [0.2, 0.25) is 11.2 Å². The summed E-state index contributed by atoms with van der Waals surface area (Å²) in [7, 11) is 0. The molecule has 29 heavy (non-hydrogen) atoms. The number of hydrogen-bond acceptors (Lipinski definition) is 5. The fourth-order valence-electron chi connectivity index (χ4n) is 3.79. The molecule has 0 amide bonds. The summed E-state index contributed by atoms with van der Waals surface area (Å²) in [5.41, 5.74) is 1.27. The summed E-state index contributed by atoms with van der Waals surface area (Å²) in [4.78, 5) is 15.4. The molecule has 5 heteroatoms. The minimum Gasteiger partial charge on any atom is -0.486 e. The molecular formula is C24H27NO4. The predicted molar refractivity (Wildman–Crippen MR) is 114 cm³/mol. The second-order valence-corrected chi connectivity index (χ2v) is 7.58. The number of ether oxygens (including phenoxy) is 1. The molecule has 152 valence electrons. The highest BCUT2D eigenvalue weighted by Crippen LogP contribution is 2.30. The van der Waals surface area contributed by atoms with Crippen LogP contribution in [0.2, 0.25) is 0 Å². The van der Waals surface area contributed by atoms with E-state index in [1.54, 1.807) is 6.07 Å². The Bertz CT molecular complexity index is 991. The van der Waals surface area contributed by atoms with Crippen molar-refractivity contribution in [3.05, 3.63) is 64.8 Å². The lowest BCUT2D eigenvalue weighted by molar-refractivity contribution is 0.0812. The molecule has 2 heterocycles. The Morgan fingerprint density at radius 1 is 1.00 bits per heavy atom. The molecule has 3 aromatic rings. The second kappa shape index (κ2) is 9.25. The largest absolute Gasteiger partial charge is 0.486 e. The van der Waals surface area contributed by atoms with Crippen LogP contribution in [0.1, 0.15) is 25.7 Å². The molecule has 1 aromatic heterocycles. The van der Waals surface area contributed by atoms with Gasteiger partial charge < -0.3 is 19.2 Å². The Hall–Kier alpha value is -2.63. The summed E-state index contributed by atoms with van der Waals surface area (Å²) in [5, 5.41) is 10.1. The third-order valence-corrected chi connectivity index (χ3v) is 5.46. The van der Waals surface area contributed by atoms with E-state index in [-0.39, 0.29) is 17.3 Å². The molecule has 0 aliphatic carbocycles. The second-order valence-electron chi connectivity index (χ2n) is 7.58. The van der Waals surface area contributed by atoms with Gasteiger partial charge in [-0.05, 0) is 44.4 Å². The summed E-state index contributed by atoms with van der Waals surface area (Å²) < 4.78 is 12.0. The average Bonchev–Trinajstić information content (AvgIpc) is 2.76. The number of hydrogen-bond donors (Lipinski definition) is 1. The van der Waals surface area contributed by atoms with Crippen molar-refractivity contribution < 1.29 is 14.3 Å². The molecule has 0 bridgehead atoms. The molecule has 2 aromatic carbocycles. The lowest BCUT2D eigenvalue weighted by Gasteiger charge is -2.29. The van der Waals surface area contributed by atoms with Crippen LogP contribution < -0.4 is 10.2 Å². The first-order valence-corrected chi connectivity index (χ1v) is 10.4. The van der Waals surface area contributed by atoms with Crippen LogP contribution in [-0.2, 0) is 0 Å². The zero-order valence-electron chi connectivity index (χ0n) is 16.5. The van der Waals surface area contributed by atoms with Crippen molar-refractivity contribution in [3.63, 3.8) is 0 Å². The quantitative estimate of drug-likeness (QED) is 0.613. The minimum absolute atomic E-state index is 0.129. The average molecular weight is 393 g/mol. The molecule has 1 saturated heterocycles. The number of likely N-dealkylation sites (tertiary alicyclic amines) is 1. The molecule has 1 aliphatic heterocycles. The number of para-hydroxylation sites is 1. The normalized spacial score (nSPS) is 15.6. The molecule has 4 rings (SSSR count). The Balaban J connectivity index is 1.46. The van der Waals surface area contributed by atoms with Gasteiger partial charge >= 0.3 is 0 Å². The number of piperidine rings is 1. The molecule has 1 N–H and O–H groups in total. The van der Waals surface area contributed by atoms with Gasteiger partial charge in [0.15, 0.2) is 5.76 Å². The smallest absolute Gasteiger partial charge is 0.235 e. The number of nitrogens with zero attached hydrogens (tertiary/aromatic N) is 1. The van der Waals surface area contributed by atoms with Crippen LogP contribution in [0.5, 0.6) is 5.75 Å². The monoisotopic (exact) mass is 393 g/mol. The molecule has 0 atom stereocenters. The molecular weight excluding hydrogens is 366 g/mol. The highest BCUT2D eigenvalue weighted by Gasteiger charge is 2.18. The number of rotatable bonds is 7. The van der Waals surface area contributed by atoms with Gasteiger partial charge in [-0.1, -0.05) is 42.5 Å². The summed E-state index contributed by atoms with van der Waals surface area (Å²) in [6.45, 7) is 3.37. The topological polar surface area (TPSA) is 62.9 Å². The molecule has 5 nitrogen and oxygen atoms in total. The van der Waals surface area contributed by atoms with Crippen molar-refractivity contribution in [2.24, 2.45) is 0 Å². The molecule has 1 aliphatic rings. The van der Waals surface area contributed by atoms with E-state index < -0.39 is 0 Å². The summed E-state index contributed by atoms with van der Waals surface area (Å²) in [6, 6.07) is 16.9. The zero-order valence-corrected chi connectivity index (χ0v) is 16.5. The first-order chi connectivity index (χ1) is 14.2. The van der Waals surface area contributed by atoms with Crippen molar-refractivity contribution in [3.8, 4) is 17.1 Å². The Morgan fingerprint density at radius 3 is 2.52 bits per heavy atom. The van der Waals surface area contributed by atoms with Gasteiger partial charge in [0.05, 0.1) is 18.1 Å². The molecule has 0 radical (unpaired) electrons. The van der Waals surface area contributed by atoms with Gasteiger partial charge in [0.1, 0.15) is 5.58 Å². The minimum atomic E-state index is -0.141. The summed E-state index contributed by atoms with van der Waals surface area (Å²) in [6.07, 6.45) is 3.43. The fourth-order valence-corrected chi connectivity index (χ4v) is 3.79. The van der Waals surface area contributed by atoms with Crippen LogP contribution in [-0.4, -0.2) is 42.4 Å². The Labute approximate surface area is 170 Å². The van der Waals surface area contributed by atoms with E-state index in [0.29, 0.717) is 23.3 Å². The molecule has 0 spiro atoms. The SMILES string of the molecule is O=c1c(OCCCCN2CCC(O)CC2)c(-c2ccccc2)oc2ccccc12. The Morgan fingerprint density at radius 2 is 1.72 bits per heavy atom. The molecule has 0 unspecified atom stereocenters. The third kappa shape index (κ3) is 4.69. The van der Waals surface area contributed by atoms with E-state index in [1.807, 2.05) is 48.5 Å². The van der Waals surface area contributed by atoms with Crippen LogP contribution in [0.15, 0.2) is 63.8 Å². The van der Waals surface area contributed by atoms with Crippen molar-refractivity contribution in [1.29, 1.82) is 0 Å². The van der Waals surface area contributed by atoms with E-state index in [4.69, 9.17) is 9.15 Å². The third-order valence-electron chi connectivity index (χ3n) is 5.46. The van der Waals surface area contributed by atoms with Crippen LogP contribution in [0.25, 0.3) is 22.3 Å². The molecule has 1 fully saturated rings. The standard InChI is InChI=1S/C24H27NO4/c26-19-12-15-25(16-13-19)14-6-7-17-28-24-22(27)20-10-4-5-11-21(20)29-23(24)18-8-2-1-3-9-18/h1-5,8-11,19,26H,6-7,12-17H2. The van der Waals surface area contributed by atoms with Gasteiger partial charge in [-0.2, -0.15) is 0 Å². The van der Waals surface area contributed by atoms with E-state index >= 15 is 0 Å². The Kier molecular flexibility index (Phi) is 6.27. The lowest BCUT2D eigenvalue weighted by atomic mass is 10.1. The van der Waals surface area contributed by atoms with Crippen LogP contribution >= 0.6 is 0 Å². The summed E-state index contributed by atoms with van der Waals surface area (Å²) >= 11 is 0. The van der Waals surface area contributed by atoms with Gasteiger partial charge in [-0.25, -0.2) is 0 Å². The van der Waals surface area contributed by atoms with E-state index in [9.17, 15) is 9.90 Å². The maximum atomic E-state index is 13.0. The van der Waals surface area contributed by atoms with E-state index in [2.05, 4.69) is 4.90 Å². The lowest BCUT2D eigenvalue weighted by Crippen LogP contribution is -2.36. The van der Waals surface area contributed by atoms with Crippen molar-refractivity contribution in [1.82, 2.24) is 4.90 Å². The number of aliphatic hydroxyl groups is 1. The van der Waals surface area contributed by atoms with Crippen molar-refractivity contribution in [2.75, 3.05) is 26.2 Å². The molecule has 0 saturated carbocycles. The zero-order chi connectivity index (χ0) is 20.1. The van der Waals surface area contributed by atoms with Crippen molar-refractivity contribution >= 4 is 11.0 Å².